The van der Waals surface area contributed by atoms with Crippen LogP contribution in [0.15, 0.2) is 65.6 Å². The van der Waals surface area contributed by atoms with E-state index < -0.39 is 0 Å². The van der Waals surface area contributed by atoms with Crippen molar-refractivity contribution in [2.45, 2.75) is 20.8 Å². The second-order valence-electron chi connectivity index (χ2n) is 8.39. The first-order chi connectivity index (χ1) is 17.2. The number of hydrogen-bond acceptors (Lipinski definition) is 6. The minimum atomic E-state index is -0.226. The number of anilines is 2. The Morgan fingerprint density at radius 3 is 2.22 bits per heavy atom. The highest BCUT2D eigenvalue weighted by Crippen LogP contribution is 2.36. The smallest absolute Gasteiger partial charge is 0.270 e. The van der Waals surface area contributed by atoms with Gasteiger partial charge in [0, 0.05) is 5.69 Å². The molecule has 0 unspecified atom stereocenters. The van der Waals surface area contributed by atoms with Gasteiger partial charge in [-0.1, -0.05) is 53.8 Å². The molecule has 4 rings (SSSR count). The van der Waals surface area contributed by atoms with Crippen molar-refractivity contribution in [3.63, 3.8) is 0 Å². The van der Waals surface area contributed by atoms with Gasteiger partial charge in [-0.15, -0.1) is 0 Å². The van der Waals surface area contributed by atoms with Crippen molar-refractivity contribution in [2.24, 2.45) is 0 Å². The van der Waals surface area contributed by atoms with Gasteiger partial charge >= 0.3 is 0 Å². The normalized spacial score (nSPS) is 14.3. The molecule has 184 valence electrons. The van der Waals surface area contributed by atoms with Crippen molar-refractivity contribution in [1.29, 1.82) is 0 Å². The summed E-state index contributed by atoms with van der Waals surface area (Å²) >= 11 is 6.70. The molecule has 2 amide bonds. The number of nitrogens with one attached hydrogen (secondary N) is 1. The predicted octanol–water partition coefficient (Wildman–Crippen LogP) is 6.04. The highest BCUT2D eigenvalue weighted by Gasteiger charge is 2.33. The molecule has 0 atom stereocenters. The first kappa shape index (κ1) is 25.5. The fourth-order valence-corrected chi connectivity index (χ4v) is 5.23. The second kappa shape index (κ2) is 11.0. The van der Waals surface area contributed by atoms with Gasteiger partial charge in [-0.05, 0) is 79.9 Å². The van der Waals surface area contributed by atoms with E-state index in [1.54, 1.807) is 49.6 Å². The Morgan fingerprint density at radius 2 is 1.61 bits per heavy atom. The average Bonchev–Trinajstić information content (AvgIpc) is 3.13. The number of carbonyl (C=O) groups excluding carboxylic acids is 2. The third-order valence-corrected chi connectivity index (χ3v) is 6.92. The van der Waals surface area contributed by atoms with Crippen LogP contribution in [0.2, 0.25) is 0 Å². The minimum absolute atomic E-state index is 0.105. The van der Waals surface area contributed by atoms with Gasteiger partial charge in [0.1, 0.15) is 11.5 Å². The number of rotatable bonds is 7. The zero-order valence-electron chi connectivity index (χ0n) is 20.5. The van der Waals surface area contributed by atoms with Gasteiger partial charge in [0.15, 0.2) is 10.9 Å². The zero-order valence-corrected chi connectivity index (χ0v) is 22.1. The van der Waals surface area contributed by atoms with Crippen LogP contribution >= 0.6 is 24.0 Å². The summed E-state index contributed by atoms with van der Waals surface area (Å²) in [4.78, 5) is 27.4. The van der Waals surface area contributed by atoms with Crippen molar-refractivity contribution in [1.82, 2.24) is 0 Å². The molecule has 1 fully saturated rings. The van der Waals surface area contributed by atoms with E-state index in [4.69, 9.17) is 21.7 Å². The van der Waals surface area contributed by atoms with Crippen LogP contribution in [0.3, 0.4) is 0 Å². The Kier molecular flexibility index (Phi) is 7.76. The largest absolute Gasteiger partial charge is 0.497 e. The molecule has 6 nitrogen and oxygen atoms in total. The molecule has 3 aromatic carbocycles. The summed E-state index contributed by atoms with van der Waals surface area (Å²) in [6.07, 6.45) is 1.79. The Balaban J connectivity index is 1.37. The van der Waals surface area contributed by atoms with E-state index >= 15 is 0 Å². The van der Waals surface area contributed by atoms with E-state index in [1.165, 1.54) is 16.7 Å². The molecule has 8 heteroatoms. The van der Waals surface area contributed by atoms with Crippen molar-refractivity contribution in [3.05, 3.63) is 87.8 Å². The van der Waals surface area contributed by atoms with Crippen molar-refractivity contribution in [2.75, 3.05) is 23.9 Å². The Labute approximate surface area is 220 Å². The van der Waals surface area contributed by atoms with E-state index in [0.29, 0.717) is 26.4 Å². The third-order valence-electron chi connectivity index (χ3n) is 5.61. The number of nitrogens with zero attached hydrogens (tertiary/aromatic N) is 1. The van der Waals surface area contributed by atoms with Crippen LogP contribution in [-0.2, 0) is 9.59 Å². The van der Waals surface area contributed by atoms with E-state index in [1.807, 2.05) is 45.0 Å². The molecule has 0 radical (unpaired) electrons. The lowest BCUT2D eigenvalue weighted by Gasteiger charge is -2.14. The Morgan fingerprint density at radius 1 is 1.00 bits per heavy atom. The molecule has 0 aliphatic carbocycles. The van der Waals surface area contributed by atoms with E-state index in [2.05, 4.69) is 5.32 Å². The number of benzene rings is 3. The first-order valence-corrected chi connectivity index (χ1v) is 12.5. The standard InChI is InChI=1S/C28H26N2O4S2/c1-17-13-18(2)26(19(3)14-17)29-25(31)16-34-23-9-5-20(6-10-23)15-24-27(32)30(28(35)36-24)21-7-11-22(33-4)12-8-21/h5-15H,16H2,1-4H3,(H,29,31)/b24-15-. The van der Waals surface area contributed by atoms with Crippen molar-refractivity contribution in [3.8, 4) is 11.5 Å². The van der Waals surface area contributed by atoms with Gasteiger partial charge in [-0.3, -0.25) is 14.5 Å². The SMILES string of the molecule is COc1ccc(N2C(=O)/C(=C/c3ccc(OCC(=O)Nc4c(C)cc(C)cc4C)cc3)SC2=S)cc1. The van der Waals surface area contributed by atoms with Gasteiger partial charge in [0.05, 0.1) is 17.7 Å². The van der Waals surface area contributed by atoms with Crippen LogP contribution < -0.4 is 19.7 Å². The van der Waals surface area contributed by atoms with Gasteiger partial charge in [0.25, 0.3) is 11.8 Å². The monoisotopic (exact) mass is 518 g/mol. The van der Waals surface area contributed by atoms with E-state index in [-0.39, 0.29) is 18.4 Å². The maximum Gasteiger partial charge on any atom is 0.270 e. The molecule has 36 heavy (non-hydrogen) atoms. The summed E-state index contributed by atoms with van der Waals surface area (Å²) in [5.41, 5.74) is 5.52. The highest BCUT2D eigenvalue weighted by molar-refractivity contribution is 8.27. The number of methoxy groups -OCH3 is 1. The number of carbonyl (C=O) groups is 2. The molecule has 1 heterocycles. The van der Waals surface area contributed by atoms with Crippen LogP contribution in [-0.4, -0.2) is 29.9 Å². The number of ether oxygens (including phenoxy) is 2. The summed E-state index contributed by atoms with van der Waals surface area (Å²) < 4.78 is 11.3. The van der Waals surface area contributed by atoms with Crippen LogP contribution in [0.1, 0.15) is 22.3 Å². The topological polar surface area (TPSA) is 67.9 Å². The lowest BCUT2D eigenvalue weighted by atomic mass is 10.1. The van der Waals surface area contributed by atoms with E-state index in [0.717, 1.165) is 27.9 Å². The second-order valence-corrected chi connectivity index (χ2v) is 10.1. The molecule has 0 spiro atoms. The lowest BCUT2D eigenvalue weighted by Crippen LogP contribution is -2.27. The summed E-state index contributed by atoms with van der Waals surface area (Å²) in [5.74, 6) is 0.871. The number of thioether (sulfide) groups is 1. The summed E-state index contributed by atoms with van der Waals surface area (Å²) in [5, 5.41) is 2.93. The molecule has 1 N–H and O–H groups in total. The number of hydrogen-bond donors (Lipinski definition) is 1. The molecular weight excluding hydrogens is 492 g/mol. The molecule has 1 aliphatic rings. The Bertz CT molecular complexity index is 1330. The third kappa shape index (κ3) is 5.78. The number of amides is 2. The molecule has 3 aromatic rings. The summed E-state index contributed by atoms with van der Waals surface area (Å²) in [7, 11) is 1.59. The van der Waals surface area contributed by atoms with Crippen LogP contribution in [0, 0.1) is 20.8 Å². The fraction of sp³-hybridized carbons (Fsp3) is 0.179. The first-order valence-electron chi connectivity index (χ1n) is 11.3. The lowest BCUT2D eigenvalue weighted by molar-refractivity contribution is -0.118. The average molecular weight is 519 g/mol. The maximum absolute atomic E-state index is 13.0. The van der Waals surface area contributed by atoms with Crippen molar-refractivity contribution < 1.29 is 19.1 Å². The van der Waals surface area contributed by atoms with E-state index in [9.17, 15) is 9.59 Å². The maximum atomic E-state index is 13.0. The predicted molar refractivity (Wildman–Crippen MR) is 150 cm³/mol. The summed E-state index contributed by atoms with van der Waals surface area (Å²) in [6, 6.07) is 18.5. The van der Waals surface area contributed by atoms with Gasteiger partial charge in [-0.25, -0.2) is 0 Å². The quantitative estimate of drug-likeness (QED) is 0.304. The van der Waals surface area contributed by atoms with Gasteiger partial charge in [0.2, 0.25) is 0 Å². The van der Waals surface area contributed by atoms with Crippen LogP contribution in [0.4, 0.5) is 11.4 Å². The molecule has 1 aliphatic heterocycles. The summed E-state index contributed by atoms with van der Waals surface area (Å²) in [6.45, 7) is 5.87. The van der Waals surface area contributed by atoms with Crippen LogP contribution in [0.25, 0.3) is 6.08 Å². The molecule has 0 bridgehead atoms. The van der Waals surface area contributed by atoms with Gasteiger partial charge in [-0.2, -0.15) is 0 Å². The highest BCUT2D eigenvalue weighted by atomic mass is 32.2. The minimum Gasteiger partial charge on any atom is -0.497 e. The van der Waals surface area contributed by atoms with Crippen LogP contribution in [0.5, 0.6) is 11.5 Å². The Hall–Kier alpha value is -3.62. The van der Waals surface area contributed by atoms with Crippen molar-refractivity contribution >= 4 is 57.6 Å². The fourth-order valence-electron chi connectivity index (χ4n) is 3.93. The zero-order chi connectivity index (χ0) is 25.8. The molecular formula is C28H26N2O4S2. The number of thiocarbonyl (C=S) groups is 1. The van der Waals surface area contributed by atoms with Gasteiger partial charge < -0.3 is 14.8 Å². The molecule has 1 saturated heterocycles. The molecule has 0 saturated carbocycles. The molecule has 0 aromatic heterocycles. The number of aryl methyl sites for hydroxylation is 3.